The highest BCUT2D eigenvalue weighted by molar-refractivity contribution is 5.79. The Morgan fingerprint density at radius 1 is 1.36 bits per heavy atom. The molecule has 0 saturated carbocycles. The molecule has 1 saturated heterocycles. The number of amides is 1. The minimum atomic E-state index is -4.48. The van der Waals surface area contributed by atoms with Crippen LogP contribution in [-0.2, 0) is 16.0 Å². The standard InChI is InChI=1S/C13H17F3N4O2/c1-7-9(8(2)19-12(17)18-7)5-11(21)20-3-4-22-10(6-20)13(14,15)16/h10H,3-6H2,1-2H3,(H2,17,18,19). The van der Waals surface area contributed by atoms with Crippen molar-refractivity contribution < 1.29 is 22.7 Å². The lowest BCUT2D eigenvalue weighted by Gasteiger charge is -2.34. The summed E-state index contributed by atoms with van der Waals surface area (Å²) in [6.07, 6.45) is -6.47. The first-order valence-corrected chi connectivity index (χ1v) is 6.74. The molecule has 6 nitrogen and oxygen atoms in total. The molecule has 0 bridgehead atoms. The van der Waals surface area contributed by atoms with E-state index in [1.165, 1.54) is 0 Å². The van der Waals surface area contributed by atoms with Crippen LogP contribution in [0.2, 0.25) is 0 Å². The highest BCUT2D eigenvalue weighted by atomic mass is 19.4. The Kier molecular flexibility index (Phi) is 4.55. The summed E-state index contributed by atoms with van der Waals surface area (Å²) in [6, 6.07) is 0. The van der Waals surface area contributed by atoms with E-state index in [2.05, 4.69) is 14.7 Å². The number of aryl methyl sites for hydroxylation is 2. The van der Waals surface area contributed by atoms with Crippen LogP contribution in [0.3, 0.4) is 0 Å². The van der Waals surface area contributed by atoms with Gasteiger partial charge in [-0.25, -0.2) is 9.97 Å². The van der Waals surface area contributed by atoms with Gasteiger partial charge in [-0.3, -0.25) is 4.79 Å². The van der Waals surface area contributed by atoms with Crippen molar-refractivity contribution in [1.82, 2.24) is 14.9 Å². The summed E-state index contributed by atoms with van der Waals surface area (Å²) in [7, 11) is 0. The summed E-state index contributed by atoms with van der Waals surface area (Å²) < 4.78 is 42.7. The SMILES string of the molecule is Cc1nc(N)nc(C)c1CC(=O)N1CCOC(C(F)(F)F)C1. The van der Waals surface area contributed by atoms with Crippen molar-refractivity contribution in [2.75, 3.05) is 25.4 Å². The molecule has 1 atom stereocenters. The maximum Gasteiger partial charge on any atom is 0.416 e. The van der Waals surface area contributed by atoms with Gasteiger partial charge < -0.3 is 15.4 Å². The molecule has 2 rings (SSSR count). The summed E-state index contributed by atoms with van der Waals surface area (Å²) in [4.78, 5) is 21.4. The van der Waals surface area contributed by atoms with Gasteiger partial charge in [-0.05, 0) is 13.8 Å². The Hall–Kier alpha value is -1.90. The van der Waals surface area contributed by atoms with E-state index in [0.29, 0.717) is 17.0 Å². The zero-order valence-corrected chi connectivity index (χ0v) is 12.3. The first-order chi connectivity index (χ1) is 10.2. The molecule has 1 aliphatic heterocycles. The largest absolute Gasteiger partial charge is 0.416 e. The van der Waals surface area contributed by atoms with Crippen molar-refractivity contribution in [3.63, 3.8) is 0 Å². The van der Waals surface area contributed by atoms with Gasteiger partial charge in [0.05, 0.1) is 19.6 Å². The van der Waals surface area contributed by atoms with Gasteiger partial charge >= 0.3 is 6.18 Å². The fraction of sp³-hybridized carbons (Fsp3) is 0.615. The number of hydrogen-bond donors (Lipinski definition) is 1. The average Bonchev–Trinajstić information content (AvgIpc) is 2.41. The van der Waals surface area contributed by atoms with Crippen LogP contribution >= 0.6 is 0 Å². The van der Waals surface area contributed by atoms with Gasteiger partial charge in [-0.2, -0.15) is 13.2 Å². The van der Waals surface area contributed by atoms with Gasteiger partial charge in [0.2, 0.25) is 11.9 Å². The fourth-order valence-corrected chi connectivity index (χ4v) is 2.36. The third-order valence-electron chi connectivity index (χ3n) is 3.55. The Morgan fingerprint density at radius 2 is 1.95 bits per heavy atom. The second-order valence-electron chi connectivity index (χ2n) is 5.15. The van der Waals surface area contributed by atoms with Gasteiger partial charge in [0.25, 0.3) is 0 Å². The van der Waals surface area contributed by atoms with E-state index in [1.807, 2.05) is 0 Å². The number of alkyl halides is 3. The number of ether oxygens (including phenoxy) is 1. The minimum absolute atomic E-state index is 0.0531. The number of anilines is 1. The molecule has 1 unspecified atom stereocenters. The van der Waals surface area contributed by atoms with Crippen LogP contribution in [0.25, 0.3) is 0 Å². The molecular weight excluding hydrogens is 301 g/mol. The smallest absolute Gasteiger partial charge is 0.368 e. The molecule has 0 aromatic carbocycles. The van der Waals surface area contributed by atoms with Gasteiger partial charge in [-0.1, -0.05) is 0 Å². The highest BCUT2D eigenvalue weighted by Gasteiger charge is 2.44. The molecule has 1 aliphatic rings. The van der Waals surface area contributed by atoms with Crippen molar-refractivity contribution in [3.8, 4) is 0 Å². The predicted octanol–water partition coefficient (Wildman–Crippen LogP) is 1.01. The molecule has 9 heteroatoms. The number of hydrogen-bond acceptors (Lipinski definition) is 5. The molecule has 122 valence electrons. The zero-order valence-electron chi connectivity index (χ0n) is 12.3. The van der Waals surface area contributed by atoms with Gasteiger partial charge in [0.15, 0.2) is 6.10 Å². The minimum Gasteiger partial charge on any atom is -0.368 e. The topological polar surface area (TPSA) is 81.3 Å². The quantitative estimate of drug-likeness (QED) is 0.880. The van der Waals surface area contributed by atoms with E-state index in [-0.39, 0.29) is 25.5 Å². The predicted molar refractivity (Wildman–Crippen MR) is 72.0 cm³/mol. The zero-order chi connectivity index (χ0) is 16.5. The second kappa shape index (κ2) is 6.07. The molecule has 1 amide bonds. The van der Waals surface area contributed by atoms with Crippen molar-refractivity contribution in [3.05, 3.63) is 17.0 Å². The molecule has 0 radical (unpaired) electrons. The number of nitrogen functional groups attached to an aromatic ring is 1. The molecule has 1 aromatic heterocycles. The van der Waals surface area contributed by atoms with Crippen LogP contribution in [0.5, 0.6) is 0 Å². The summed E-state index contributed by atoms with van der Waals surface area (Å²) in [6.45, 7) is 2.89. The van der Waals surface area contributed by atoms with Crippen LogP contribution in [0.15, 0.2) is 0 Å². The van der Waals surface area contributed by atoms with Gasteiger partial charge in [0, 0.05) is 23.5 Å². The third kappa shape index (κ3) is 3.65. The fourth-order valence-electron chi connectivity index (χ4n) is 2.36. The van der Waals surface area contributed by atoms with E-state index in [1.54, 1.807) is 13.8 Å². The van der Waals surface area contributed by atoms with Crippen molar-refractivity contribution in [1.29, 1.82) is 0 Å². The molecule has 22 heavy (non-hydrogen) atoms. The van der Waals surface area contributed by atoms with Crippen molar-refractivity contribution in [2.45, 2.75) is 32.5 Å². The van der Waals surface area contributed by atoms with Crippen LogP contribution in [0.1, 0.15) is 17.0 Å². The highest BCUT2D eigenvalue weighted by Crippen LogP contribution is 2.26. The molecule has 0 aliphatic carbocycles. The molecule has 2 N–H and O–H groups in total. The average molecular weight is 318 g/mol. The van der Waals surface area contributed by atoms with E-state index in [4.69, 9.17) is 5.73 Å². The first-order valence-electron chi connectivity index (χ1n) is 6.74. The number of aromatic nitrogens is 2. The van der Waals surface area contributed by atoms with Crippen LogP contribution in [0, 0.1) is 13.8 Å². The van der Waals surface area contributed by atoms with Crippen molar-refractivity contribution >= 4 is 11.9 Å². The Balaban J connectivity index is 2.10. The van der Waals surface area contributed by atoms with E-state index < -0.39 is 24.7 Å². The first kappa shape index (κ1) is 16.5. The van der Waals surface area contributed by atoms with Gasteiger partial charge in [-0.15, -0.1) is 0 Å². The number of morpholine rings is 1. The van der Waals surface area contributed by atoms with Crippen LogP contribution in [0.4, 0.5) is 19.1 Å². The lowest BCUT2D eigenvalue weighted by atomic mass is 10.1. The van der Waals surface area contributed by atoms with Crippen molar-refractivity contribution in [2.24, 2.45) is 0 Å². The number of rotatable bonds is 2. The Bertz CT molecular complexity index is 554. The molecule has 1 aromatic rings. The molecule has 2 heterocycles. The van der Waals surface area contributed by atoms with Crippen LogP contribution in [-0.4, -0.2) is 52.8 Å². The lowest BCUT2D eigenvalue weighted by Crippen LogP contribution is -2.51. The second-order valence-corrected chi connectivity index (χ2v) is 5.15. The Morgan fingerprint density at radius 3 is 2.50 bits per heavy atom. The number of halogens is 3. The maximum atomic E-state index is 12.7. The Labute approximate surface area is 125 Å². The lowest BCUT2D eigenvalue weighted by molar-refractivity contribution is -0.236. The molecular formula is C13H17F3N4O2. The van der Waals surface area contributed by atoms with Gasteiger partial charge in [0.1, 0.15) is 0 Å². The van der Waals surface area contributed by atoms with E-state index in [0.717, 1.165) is 4.90 Å². The van der Waals surface area contributed by atoms with E-state index in [9.17, 15) is 18.0 Å². The number of carbonyl (C=O) groups is 1. The number of nitrogens with two attached hydrogens (primary N) is 1. The normalized spacial score (nSPS) is 19.3. The summed E-state index contributed by atoms with van der Waals surface area (Å²) in [5.41, 5.74) is 7.21. The van der Waals surface area contributed by atoms with E-state index >= 15 is 0 Å². The summed E-state index contributed by atoms with van der Waals surface area (Å²) >= 11 is 0. The monoisotopic (exact) mass is 318 g/mol. The number of carbonyl (C=O) groups excluding carboxylic acids is 1. The third-order valence-corrected chi connectivity index (χ3v) is 3.55. The maximum absolute atomic E-state index is 12.7. The summed E-state index contributed by atoms with van der Waals surface area (Å²) in [5, 5.41) is 0. The summed E-state index contributed by atoms with van der Waals surface area (Å²) in [5.74, 6) is -0.299. The molecule has 1 fully saturated rings. The van der Waals surface area contributed by atoms with Crippen LogP contribution < -0.4 is 5.73 Å². The molecule has 0 spiro atoms. The number of nitrogens with zero attached hydrogens (tertiary/aromatic N) is 3.